The molecule has 0 spiro atoms. The molecule has 2 N–H and O–H groups in total. The maximum absolute atomic E-state index is 6.15. The molecule has 2 aromatic rings. The lowest BCUT2D eigenvalue weighted by molar-refractivity contribution is -0.731. The maximum Gasteiger partial charge on any atom is 0.225 e. The number of benzene rings is 1. The molecule has 0 aliphatic rings. The van der Waals surface area contributed by atoms with E-state index in [1.165, 1.54) is 0 Å². The van der Waals surface area contributed by atoms with Crippen LogP contribution >= 0.6 is 23.2 Å². The van der Waals surface area contributed by atoms with E-state index in [4.69, 9.17) is 23.2 Å². The molecule has 0 radical (unpaired) electrons. The number of hydrogen-bond donors (Lipinski definition) is 2. The van der Waals surface area contributed by atoms with Crippen LogP contribution in [0.1, 0.15) is 5.69 Å². The van der Waals surface area contributed by atoms with Crippen molar-refractivity contribution in [2.75, 3.05) is 5.32 Å². The first kappa shape index (κ1) is 11.3. The normalized spacial score (nSPS) is 10.5. The molecule has 0 saturated heterocycles. The summed E-state index contributed by atoms with van der Waals surface area (Å²) < 4.78 is 1.86. The standard InChI is InChI=1S/C11H11Cl2N3/c1-7-10(13)11(15-16(7)2)14-9-5-3-8(12)4-6-9/h3-6H,1-2H3,(H,14,15)/p+1. The minimum atomic E-state index is 0.692. The van der Waals surface area contributed by atoms with Crippen LogP contribution in [0, 0.1) is 6.92 Å². The van der Waals surface area contributed by atoms with Crippen molar-refractivity contribution in [2.24, 2.45) is 7.05 Å². The summed E-state index contributed by atoms with van der Waals surface area (Å²) in [5, 5.41) is 7.72. The van der Waals surface area contributed by atoms with Gasteiger partial charge in [0.05, 0.1) is 0 Å². The predicted molar refractivity (Wildman–Crippen MR) is 66.5 cm³/mol. The molecule has 1 aromatic carbocycles. The molecule has 0 aliphatic carbocycles. The lowest BCUT2D eigenvalue weighted by atomic mass is 10.3. The Morgan fingerprint density at radius 2 is 1.81 bits per heavy atom. The van der Waals surface area contributed by atoms with Gasteiger partial charge in [-0.2, -0.15) is 0 Å². The van der Waals surface area contributed by atoms with Crippen LogP contribution in [-0.2, 0) is 7.05 Å². The van der Waals surface area contributed by atoms with Gasteiger partial charge >= 0.3 is 0 Å². The number of nitrogens with one attached hydrogen (secondary N) is 2. The lowest BCUT2D eigenvalue weighted by Crippen LogP contribution is -2.32. The van der Waals surface area contributed by atoms with E-state index in [0.29, 0.717) is 10.0 Å². The van der Waals surface area contributed by atoms with Gasteiger partial charge in [0.1, 0.15) is 0 Å². The zero-order valence-electron chi connectivity index (χ0n) is 9.01. The van der Waals surface area contributed by atoms with E-state index < -0.39 is 0 Å². The van der Waals surface area contributed by atoms with Crippen LogP contribution in [0.2, 0.25) is 10.0 Å². The molecule has 5 heteroatoms. The van der Waals surface area contributed by atoms with Crippen molar-refractivity contribution >= 4 is 34.7 Å². The van der Waals surface area contributed by atoms with Gasteiger partial charge in [-0.05, 0) is 24.3 Å². The number of aromatic amines is 1. The molecule has 0 bridgehead atoms. The van der Waals surface area contributed by atoms with Gasteiger partial charge in [0.25, 0.3) is 0 Å². The van der Waals surface area contributed by atoms with Crippen LogP contribution in [-0.4, -0.2) is 5.10 Å². The molecule has 1 heterocycles. The monoisotopic (exact) mass is 256 g/mol. The number of rotatable bonds is 2. The number of aryl methyl sites for hydroxylation is 1. The van der Waals surface area contributed by atoms with E-state index in [0.717, 1.165) is 17.2 Å². The fraction of sp³-hybridized carbons (Fsp3) is 0.182. The van der Waals surface area contributed by atoms with Gasteiger partial charge in [-0.1, -0.05) is 23.2 Å². The number of H-pyrrole nitrogens is 1. The second-order valence-electron chi connectivity index (χ2n) is 3.58. The molecular formula is C11H12Cl2N3+. The highest BCUT2D eigenvalue weighted by Crippen LogP contribution is 2.25. The molecule has 1 aromatic heterocycles. The number of aromatic nitrogens is 2. The van der Waals surface area contributed by atoms with E-state index in [1.54, 1.807) is 0 Å². The average molecular weight is 257 g/mol. The van der Waals surface area contributed by atoms with E-state index in [2.05, 4.69) is 10.4 Å². The van der Waals surface area contributed by atoms with Crippen molar-refractivity contribution in [3.63, 3.8) is 0 Å². The van der Waals surface area contributed by atoms with Crippen molar-refractivity contribution < 1.29 is 4.68 Å². The van der Waals surface area contributed by atoms with E-state index >= 15 is 0 Å². The molecule has 0 atom stereocenters. The molecular weight excluding hydrogens is 245 g/mol. The van der Waals surface area contributed by atoms with Crippen molar-refractivity contribution in [1.29, 1.82) is 0 Å². The van der Waals surface area contributed by atoms with Crippen LogP contribution in [0.3, 0.4) is 0 Å². The SMILES string of the molecule is Cc1c(Cl)c(Nc2ccc(Cl)cc2)[nH][n+]1C. The zero-order chi connectivity index (χ0) is 11.7. The summed E-state index contributed by atoms with van der Waals surface area (Å²) in [6.07, 6.45) is 0. The van der Waals surface area contributed by atoms with Gasteiger partial charge < -0.3 is 5.32 Å². The van der Waals surface area contributed by atoms with Gasteiger partial charge in [-0.15, -0.1) is 9.78 Å². The number of hydrogen-bond acceptors (Lipinski definition) is 1. The van der Waals surface area contributed by atoms with E-state index in [-0.39, 0.29) is 0 Å². The van der Waals surface area contributed by atoms with Crippen LogP contribution < -0.4 is 10.00 Å². The van der Waals surface area contributed by atoms with Crippen LogP contribution in [0.15, 0.2) is 24.3 Å². The number of halogens is 2. The molecule has 2 rings (SSSR count). The summed E-state index contributed by atoms with van der Waals surface area (Å²) in [5.41, 5.74) is 1.92. The Bertz CT molecular complexity index is 503. The zero-order valence-corrected chi connectivity index (χ0v) is 10.5. The Kier molecular flexibility index (Phi) is 3.08. The maximum atomic E-state index is 6.15. The Morgan fingerprint density at radius 1 is 1.19 bits per heavy atom. The molecule has 16 heavy (non-hydrogen) atoms. The first-order chi connectivity index (χ1) is 7.58. The summed E-state index contributed by atoms with van der Waals surface area (Å²) >= 11 is 12.0. The molecule has 0 unspecified atom stereocenters. The van der Waals surface area contributed by atoms with Gasteiger partial charge in [0.15, 0.2) is 17.9 Å². The Balaban J connectivity index is 2.27. The van der Waals surface area contributed by atoms with Crippen molar-refractivity contribution in [1.82, 2.24) is 5.10 Å². The van der Waals surface area contributed by atoms with Gasteiger partial charge in [-0.25, -0.2) is 0 Å². The highest BCUT2D eigenvalue weighted by atomic mass is 35.5. The van der Waals surface area contributed by atoms with Crippen LogP contribution in [0.25, 0.3) is 0 Å². The third-order valence-electron chi connectivity index (χ3n) is 2.43. The Labute approximate surface area is 104 Å². The second kappa shape index (κ2) is 4.36. The molecule has 0 aliphatic heterocycles. The molecule has 0 fully saturated rings. The molecule has 0 saturated carbocycles. The fourth-order valence-corrected chi connectivity index (χ4v) is 1.73. The van der Waals surface area contributed by atoms with Gasteiger partial charge in [0.2, 0.25) is 5.69 Å². The first-order valence-corrected chi connectivity index (χ1v) is 5.60. The summed E-state index contributed by atoms with van der Waals surface area (Å²) in [7, 11) is 1.91. The molecule has 3 nitrogen and oxygen atoms in total. The second-order valence-corrected chi connectivity index (χ2v) is 4.39. The molecule has 84 valence electrons. The van der Waals surface area contributed by atoms with Gasteiger partial charge in [-0.3, -0.25) is 0 Å². The highest BCUT2D eigenvalue weighted by molar-refractivity contribution is 6.33. The van der Waals surface area contributed by atoms with Crippen molar-refractivity contribution in [2.45, 2.75) is 6.92 Å². The van der Waals surface area contributed by atoms with Crippen LogP contribution in [0.4, 0.5) is 11.5 Å². The van der Waals surface area contributed by atoms with Crippen molar-refractivity contribution in [3.8, 4) is 0 Å². The van der Waals surface area contributed by atoms with Crippen molar-refractivity contribution in [3.05, 3.63) is 40.0 Å². The largest absolute Gasteiger partial charge is 0.336 e. The average Bonchev–Trinajstić information content (AvgIpc) is 2.50. The smallest absolute Gasteiger partial charge is 0.225 e. The fourth-order valence-electron chi connectivity index (χ4n) is 1.39. The third-order valence-corrected chi connectivity index (χ3v) is 3.15. The minimum absolute atomic E-state index is 0.692. The first-order valence-electron chi connectivity index (χ1n) is 4.84. The summed E-state index contributed by atoms with van der Waals surface area (Å²) in [6, 6.07) is 7.45. The number of anilines is 2. The number of nitrogens with zero attached hydrogens (tertiary/aromatic N) is 1. The van der Waals surface area contributed by atoms with Gasteiger partial charge in [0, 0.05) is 17.6 Å². The quantitative estimate of drug-likeness (QED) is 0.795. The predicted octanol–water partition coefficient (Wildman–Crippen LogP) is 3.20. The summed E-state index contributed by atoms with van der Waals surface area (Å²) in [5.74, 6) is 0.781. The summed E-state index contributed by atoms with van der Waals surface area (Å²) in [4.78, 5) is 0. The Morgan fingerprint density at radius 3 is 2.31 bits per heavy atom. The van der Waals surface area contributed by atoms with Crippen LogP contribution in [0.5, 0.6) is 0 Å². The highest BCUT2D eigenvalue weighted by Gasteiger charge is 2.16. The topological polar surface area (TPSA) is 31.7 Å². The Hall–Kier alpha value is -1.19. The third kappa shape index (κ3) is 2.15. The minimum Gasteiger partial charge on any atom is -0.336 e. The molecule has 0 amide bonds. The van der Waals surface area contributed by atoms with E-state index in [9.17, 15) is 0 Å². The lowest BCUT2D eigenvalue weighted by Gasteiger charge is -2.02. The summed E-state index contributed by atoms with van der Waals surface area (Å²) in [6.45, 7) is 1.95. The van der Waals surface area contributed by atoms with E-state index in [1.807, 2.05) is 42.9 Å².